The summed E-state index contributed by atoms with van der Waals surface area (Å²) in [4.78, 5) is 2.97. The van der Waals surface area contributed by atoms with Gasteiger partial charge in [-0.2, -0.15) is 0 Å². The largest absolute Gasteiger partial charge is 0.145 e. The van der Waals surface area contributed by atoms with Crippen LogP contribution >= 0.6 is 27.2 Å². The van der Waals surface area contributed by atoms with Crippen LogP contribution in [0.4, 0.5) is 0 Å². The standard InChI is InChI=1S/C44H48P2S/c1-28-22-29(2)25-36(24-28)46(37-26-30(3)23-31(4)27-37)42-38-20-21-44(9,43(38,7)8)40(42)39-32(5)47-33(6)41(39)45(34-16-12-10-13-17-34)35-18-14-11-15-19-35/h10-19,22-27,38H,20-21H2,1-9H3. The summed E-state index contributed by atoms with van der Waals surface area (Å²) in [5, 5.41) is 9.26. The number of hydrogen-bond acceptors (Lipinski definition) is 1. The molecule has 1 heterocycles. The fourth-order valence-electron chi connectivity index (χ4n) is 8.94. The summed E-state index contributed by atoms with van der Waals surface area (Å²) in [7, 11) is -1.47. The molecule has 2 atom stereocenters. The van der Waals surface area contributed by atoms with E-state index in [1.807, 2.05) is 11.3 Å². The van der Waals surface area contributed by atoms with Gasteiger partial charge in [0, 0.05) is 20.6 Å². The van der Waals surface area contributed by atoms with Crippen LogP contribution in [0.15, 0.2) is 102 Å². The van der Waals surface area contributed by atoms with Gasteiger partial charge in [0.2, 0.25) is 0 Å². The van der Waals surface area contributed by atoms with E-state index in [9.17, 15) is 0 Å². The molecule has 0 N–H and O–H groups in total. The molecule has 2 unspecified atom stereocenters. The maximum absolute atomic E-state index is 2.63. The summed E-state index contributed by atoms with van der Waals surface area (Å²) < 4.78 is 0. The molecule has 2 aliphatic rings. The molecule has 0 radical (unpaired) electrons. The second-order valence-corrected chi connectivity index (χ2v) is 20.6. The van der Waals surface area contributed by atoms with Gasteiger partial charge in [-0.25, -0.2) is 0 Å². The SMILES string of the molecule is Cc1cc(C)cc(P(C2=C(c3c(C)sc(C)c3P(c3ccccc3)c3ccccc3)C3(C)CCC2C3(C)C)c2cc(C)cc(C)c2)c1. The first-order valence-electron chi connectivity index (χ1n) is 17.1. The van der Waals surface area contributed by atoms with Gasteiger partial charge in [-0.15, -0.1) is 11.3 Å². The van der Waals surface area contributed by atoms with Crippen LogP contribution in [0.25, 0.3) is 5.57 Å². The van der Waals surface area contributed by atoms with Gasteiger partial charge >= 0.3 is 0 Å². The Labute approximate surface area is 289 Å². The molecule has 240 valence electrons. The highest BCUT2D eigenvalue weighted by Gasteiger charge is 2.62. The number of thiophene rings is 1. The highest BCUT2D eigenvalue weighted by Crippen LogP contribution is 2.76. The molecule has 2 bridgehead atoms. The van der Waals surface area contributed by atoms with E-state index >= 15 is 0 Å². The van der Waals surface area contributed by atoms with Crippen LogP contribution in [0, 0.1) is 58.3 Å². The van der Waals surface area contributed by atoms with Gasteiger partial charge in [0.1, 0.15) is 0 Å². The summed E-state index contributed by atoms with van der Waals surface area (Å²) >= 11 is 2.03. The Bertz CT molecular complexity index is 1870. The smallest absolute Gasteiger partial charge is 0.0107 e. The van der Waals surface area contributed by atoms with Crippen LogP contribution in [-0.2, 0) is 0 Å². The van der Waals surface area contributed by atoms with E-state index in [0.29, 0.717) is 5.92 Å². The van der Waals surface area contributed by atoms with Crippen LogP contribution in [0.2, 0.25) is 0 Å². The maximum atomic E-state index is 2.63. The molecular weight excluding hydrogens is 622 g/mol. The van der Waals surface area contributed by atoms with Crippen molar-refractivity contribution in [1.29, 1.82) is 0 Å². The minimum absolute atomic E-state index is 0.104. The van der Waals surface area contributed by atoms with Crippen molar-refractivity contribution in [3.05, 3.63) is 140 Å². The highest BCUT2D eigenvalue weighted by atomic mass is 32.1. The van der Waals surface area contributed by atoms with Gasteiger partial charge < -0.3 is 0 Å². The molecule has 1 aromatic heterocycles. The molecule has 2 aliphatic carbocycles. The predicted molar refractivity (Wildman–Crippen MR) is 212 cm³/mol. The summed E-state index contributed by atoms with van der Waals surface area (Å²) in [6.07, 6.45) is 2.54. The van der Waals surface area contributed by atoms with E-state index < -0.39 is 15.8 Å². The fourth-order valence-corrected chi connectivity index (χ4v) is 16.5. The lowest BCUT2D eigenvalue weighted by Gasteiger charge is -2.38. The fraction of sp³-hybridized carbons (Fsp3) is 0.318. The third-order valence-corrected chi connectivity index (χ3v) is 17.6. The summed E-state index contributed by atoms with van der Waals surface area (Å²) in [5.41, 5.74) is 9.03. The van der Waals surface area contributed by atoms with Crippen LogP contribution in [0.1, 0.15) is 71.2 Å². The molecular formula is C44H48P2S. The van der Waals surface area contributed by atoms with Gasteiger partial charge in [0.15, 0.2) is 0 Å². The van der Waals surface area contributed by atoms with Crippen LogP contribution in [-0.4, -0.2) is 0 Å². The zero-order valence-corrected chi connectivity index (χ0v) is 32.1. The quantitative estimate of drug-likeness (QED) is 0.151. The molecule has 0 nitrogen and oxygen atoms in total. The Morgan fingerprint density at radius 3 is 1.51 bits per heavy atom. The minimum atomic E-state index is -0.737. The maximum Gasteiger partial charge on any atom is 0.0107 e. The average molecular weight is 671 g/mol. The van der Waals surface area contributed by atoms with Gasteiger partial charge in [0.25, 0.3) is 0 Å². The van der Waals surface area contributed by atoms with E-state index in [2.05, 4.69) is 159 Å². The van der Waals surface area contributed by atoms with E-state index in [1.54, 1.807) is 21.8 Å². The third kappa shape index (κ3) is 5.42. The molecule has 47 heavy (non-hydrogen) atoms. The third-order valence-electron chi connectivity index (χ3n) is 11.3. The molecule has 7 rings (SSSR count). The van der Waals surface area contributed by atoms with Crippen LogP contribution in [0.3, 0.4) is 0 Å². The topological polar surface area (TPSA) is 0 Å². The van der Waals surface area contributed by atoms with E-state index in [-0.39, 0.29) is 10.8 Å². The zero-order chi connectivity index (χ0) is 33.2. The first-order chi connectivity index (χ1) is 22.4. The van der Waals surface area contributed by atoms with Gasteiger partial charge in [-0.05, 0) is 119 Å². The Balaban J connectivity index is 1.60. The van der Waals surface area contributed by atoms with E-state index in [4.69, 9.17) is 0 Å². The van der Waals surface area contributed by atoms with Crippen molar-refractivity contribution in [2.45, 2.75) is 75.2 Å². The van der Waals surface area contributed by atoms with Crippen molar-refractivity contribution < 1.29 is 0 Å². The number of hydrogen-bond donors (Lipinski definition) is 0. The molecule has 1 fully saturated rings. The first kappa shape index (κ1) is 32.7. The monoisotopic (exact) mass is 670 g/mol. The van der Waals surface area contributed by atoms with Crippen molar-refractivity contribution in [1.82, 2.24) is 0 Å². The number of aryl methyl sites for hydroxylation is 6. The van der Waals surface area contributed by atoms with Crippen LogP contribution in [0.5, 0.6) is 0 Å². The molecule has 3 heteroatoms. The summed E-state index contributed by atoms with van der Waals surface area (Å²) in [6.45, 7) is 21.8. The highest BCUT2D eigenvalue weighted by molar-refractivity contribution is 7.80. The predicted octanol–water partition coefficient (Wildman–Crippen LogP) is 10.7. The Kier molecular flexibility index (Phi) is 8.53. The summed E-state index contributed by atoms with van der Waals surface area (Å²) in [5.74, 6) is 0.558. The molecule has 0 spiro atoms. The number of allylic oxidation sites excluding steroid dienone is 2. The second kappa shape index (κ2) is 12.3. The molecule has 0 saturated heterocycles. The molecule has 5 aromatic rings. The molecule has 0 amide bonds. The summed E-state index contributed by atoms with van der Waals surface area (Å²) in [6, 6.07) is 37.5. The zero-order valence-electron chi connectivity index (χ0n) is 29.5. The number of rotatable bonds is 7. The molecule has 4 aromatic carbocycles. The first-order valence-corrected chi connectivity index (χ1v) is 20.6. The van der Waals surface area contributed by atoms with Gasteiger partial charge in [-0.3, -0.25) is 0 Å². The van der Waals surface area contributed by atoms with Crippen molar-refractivity contribution in [3.63, 3.8) is 0 Å². The second-order valence-electron chi connectivity index (χ2n) is 14.9. The lowest BCUT2D eigenvalue weighted by molar-refractivity contribution is 0.189. The lowest BCUT2D eigenvalue weighted by Crippen LogP contribution is -2.31. The van der Waals surface area contributed by atoms with E-state index in [1.165, 1.54) is 66.1 Å². The Morgan fingerprint density at radius 1 is 0.574 bits per heavy atom. The number of benzene rings is 4. The molecule has 0 aliphatic heterocycles. The lowest BCUT2D eigenvalue weighted by atomic mass is 9.66. The normalized spacial score (nSPS) is 20.2. The van der Waals surface area contributed by atoms with Gasteiger partial charge in [-0.1, -0.05) is 140 Å². The Hall–Kier alpha value is -2.82. The average Bonchev–Trinajstić information content (AvgIpc) is 3.49. The van der Waals surface area contributed by atoms with Crippen molar-refractivity contribution in [3.8, 4) is 0 Å². The number of fused-ring (bicyclic) bond motifs is 2. The minimum Gasteiger partial charge on any atom is -0.145 e. The van der Waals surface area contributed by atoms with Crippen molar-refractivity contribution in [2.75, 3.05) is 0 Å². The van der Waals surface area contributed by atoms with Crippen molar-refractivity contribution >= 4 is 59.3 Å². The Morgan fingerprint density at radius 2 is 1.04 bits per heavy atom. The van der Waals surface area contributed by atoms with Crippen LogP contribution < -0.4 is 26.5 Å². The van der Waals surface area contributed by atoms with Gasteiger partial charge in [0.05, 0.1) is 0 Å². The van der Waals surface area contributed by atoms with Crippen molar-refractivity contribution in [2.24, 2.45) is 16.7 Å². The molecule has 1 saturated carbocycles. The van der Waals surface area contributed by atoms with E-state index in [0.717, 1.165) is 0 Å².